The summed E-state index contributed by atoms with van der Waals surface area (Å²) >= 11 is 0. The Morgan fingerprint density at radius 1 is 1.41 bits per heavy atom. The van der Waals surface area contributed by atoms with Gasteiger partial charge in [-0.1, -0.05) is 39.3 Å². The number of nitrogens with one attached hydrogen (secondary N) is 1. The van der Waals surface area contributed by atoms with Crippen molar-refractivity contribution < 1.29 is 9.90 Å². The molecule has 0 aromatic heterocycles. The van der Waals surface area contributed by atoms with Gasteiger partial charge in [0.05, 0.1) is 0 Å². The first kappa shape index (κ1) is 13.6. The average molecular weight is 235 g/mol. The second-order valence-corrected chi connectivity index (χ2v) is 4.60. The Morgan fingerprint density at radius 2 is 2.12 bits per heavy atom. The fraction of sp³-hybridized carbons (Fsp3) is 0.500. The smallest absolute Gasteiger partial charge is 0.326 e. The van der Waals surface area contributed by atoms with Gasteiger partial charge in [-0.3, -0.25) is 0 Å². The number of anilines is 1. The molecule has 0 aliphatic rings. The lowest BCUT2D eigenvalue weighted by Crippen LogP contribution is -2.28. The quantitative estimate of drug-likeness (QED) is 0.793. The van der Waals surface area contributed by atoms with Gasteiger partial charge >= 0.3 is 5.97 Å². The Labute approximate surface area is 103 Å². The number of hydrogen-bond acceptors (Lipinski definition) is 2. The molecule has 1 aromatic carbocycles. The second-order valence-electron chi connectivity index (χ2n) is 4.60. The number of carboxylic acids is 1. The molecule has 0 spiro atoms. The van der Waals surface area contributed by atoms with Crippen LogP contribution in [0.4, 0.5) is 5.69 Å². The molecule has 17 heavy (non-hydrogen) atoms. The van der Waals surface area contributed by atoms with Crippen molar-refractivity contribution in [3.8, 4) is 0 Å². The summed E-state index contributed by atoms with van der Waals surface area (Å²) in [6, 6.07) is 7.46. The molecule has 1 aromatic rings. The summed E-state index contributed by atoms with van der Waals surface area (Å²) < 4.78 is 0. The minimum absolute atomic E-state index is 0.450. The van der Waals surface area contributed by atoms with Gasteiger partial charge in [-0.25, -0.2) is 4.79 Å². The minimum Gasteiger partial charge on any atom is -0.480 e. The number of hydrogen-bond donors (Lipinski definition) is 2. The maximum atomic E-state index is 11.1. The second kappa shape index (κ2) is 6.28. The van der Waals surface area contributed by atoms with E-state index in [1.54, 1.807) is 0 Å². The van der Waals surface area contributed by atoms with Crippen LogP contribution in [-0.4, -0.2) is 17.1 Å². The Kier molecular flexibility index (Phi) is 5.01. The zero-order valence-corrected chi connectivity index (χ0v) is 10.7. The van der Waals surface area contributed by atoms with Crippen LogP contribution in [-0.2, 0) is 4.79 Å². The van der Waals surface area contributed by atoms with Gasteiger partial charge in [-0.2, -0.15) is 0 Å². The molecule has 0 radical (unpaired) electrons. The molecule has 0 fully saturated rings. The third kappa shape index (κ3) is 4.10. The monoisotopic (exact) mass is 235 g/mol. The van der Waals surface area contributed by atoms with Gasteiger partial charge in [0.25, 0.3) is 0 Å². The molecule has 0 bridgehead atoms. The highest BCUT2D eigenvalue weighted by Crippen LogP contribution is 2.19. The average Bonchev–Trinajstić information content (AvgIpc) is 2.28. The summed E-state index contributed by atoms with van der Waals surface area (Å²) in [6.45, 7) is 6.24. The van der Waals surface area contributed by atoms with Crippen molar-refractivity contribution in [1.82, 2.24) is 0 Å². The zero-order chi connectivity index (χ0) is 12.8. The number of carbonyl (C=O) groups is 1. The molecule has 0 amide bonds. The SMILES string of the molecule is CCCC(Nc1cccc(C(C)C)c1)C(=O)O. The topological polar surface area (TPSA) is 49.3 Å². The predicted molar refractivity (Wildman–Crippen MR) is 70.5 cm³/mol. The molecule has 0 heterocycles. The fourth-order valence-electron chi connectivity index (χ4n) is 1.73. The van der Waals surface area contributed by atoms with Gasteiger partial charge in [0.15, 0.2) is 0 Å². The molecule has 1 atom stereocenters. The Hall–Kier alpha value is -1.51. The molecule has 0 saturated carbocycles. The van der Waals surface area contributed by atoms with Gasteiger partial charge in [0.1, 0.15) is 6.04 Å². The van der Waals surface area contributed by atoms with Gasteiger partial charge in [-0.15, -0.1) is 0 Å². The van der Waals surface area contributed by atoms with Crippen LogP contribution in [0.15, 0.2) is 24.3 Å². The fourth-order valence-corrected chi connectivity index (χ4v) is 1.73. The normalized spacial score (nSPS) is 12.5. The van der Waals surface area contributed by atoms with Gasteiger partial charge in [0, 0.05) is 5.69 Å². The van der Waals surface area contributed by atoms with Crippen molar-refractivity contribution in [3.05, 3.63) is 29.8 Å². The lowest BCUT2D eigenvalue weighted by molar-refractivity contribution is -0.138. The van der Waals surface area contributed by atoms with E-state index in [9.17, 15) is 4.79 Å². The van der Waals surface area contributed by atoms with Crippen molar-refractivity contribution in [3.63, 3.8) is 0 Å². The van der Waals surface area contributed by atoms with E-state index >= 15 is 0 Å². The molecule has 1 unspecified atom stereocenters. The third-order valence-electron chi connectivity index (χ3n) is 2.77. The molecule has 0 aliphatic carbocycles. The van der Waals surface area contributed by atoms with E-state index in [4.69, 9.17) is 5.11 Å². The molecule has 0 aliphatic heterocycles. The highest BCUT2D eigenvalue weighted by atomic mass is 16.4. The van der Waals surface area contributed by atoms with Crippen molar-refractivity contribution in [2.75, 3.05) is 5.32 Å². The molecular formula is C14H21NO2. The summed E-state index contributed by atoms with van der Waals surface area (Å²) in [7, 11) is 0. The molecule has 2 N–H and O–H groups in total. The van der Waals surface area contributed by atoms with Gasteiger partial charge in [0.2, 0.25) is 0 Å². The van der Waals surface area contributed by atoms with E-state index in [1.807, 2.05) is 25.1 Å². The van der Waals surface area contributed by atoms with Crippen LogP contribution in [0, 0.1) is 0 Å². The first-order valence-corrected chi connectivity index (χ1v) is 6.14. The molecule has 0 saturated heterocycles. The summed E-state index contributed by atoms with van der Waals surface area (Å²) in [5.41, 5.74) is 2.10. The van der Waals surface area contributed by atoms with Crippen LogP contribution in [0.25, 0.3) is 0 Å². The van der Waals surface area contributed by atoms with Crippen LogP contribution in [0.5, 0.6) is 0 Å². The van der Waals surface area contributed by atoms with Crippen molar-refractivity contribution in [1.29, 1.82) is 0 Å². The maximum absolute atomic E-state index is 11.1. The van der Waals surface area contributed by atoms with E-state index in [-0.39, 0.29) is 0 Å². The van der Waals surface area contributed by atoms with Crippen molar-refractivity contribution >= 4 is 11.7 Å². The standard InChI is InChI=1S/C14H21NO2/c1-4-6-13(14(16)17)15-12-8-5-7-11(9-12)10(2)3/h5,7-10,13,15H,4,6H2,1-3H3,(H,16,17). The number of benzene rings is 1. The summed E-state index contributed by atoms with van der Waals surface area (Å²) in [5, 5.41) is 12.2. The molecule has 3 heteroatoms. The summed E-state index contributed by atoms with van der Waals surface area (Å²) in [4.78, 5) is 11.1. The van der Waals surface area contributed by atoms with Crippen LogP contribution < -0.4 is 5.32 Å². The van der Waals surface area contributed by atoms with Crippen molar-refractivity contribution in [2.45, 2.75) is 45.6 Å². The highest BCUT2D eigenvalue weighted by molar-refractivity contribution is 5.77. The third-order valence-corrected chi connectivity index (χ3v) is 2.77. The van der Waals surface area contributed by atoms with E-state index in [0.717, 1.165) is 12.1 Å². The van der Waals surface area contributed by atoms with E-state index in [2.05, 4.69) is 25.2 Å². The van der Waals surface area contributed by atoms with E-state index < -0.39 is 12.0 Å². The highest BCUT2D eigenvalue weighted by Gasteiger charge is 2.15. The lowest BCUT2D eigenvalue weighted by Gasteiger charge is -2.16. The van der Waals surface area contributed by atoms with Crippen molar-refractivity contribution in [2.24, 2.45) is 0 Å². The first-order chi connectivity index (χ1) is 8.04. The maximum Gasteiger partial charge on any atom is 0.326 e. The van der Waals surface area contributed by atoms with E-state index in [0.29, 0.717) is 12.3 Å². The Balaban J connectivity index is 2.78. The molecular weight excluding hydrogens is 214 g/mol. The molecule has 3 nitrogen and oxygen atoms in total. The van der Waals surface area contributed by atoms with Gasteiger partial charge in [-0.05, 0) is 30.0 Å². The van der Waals surface area contributed by atoms with Crippen LogP contribution >= 0.6 is 0 Å². The number of rotatable bonds is 6. The van der Waals surface area contributed by atoms with Crippen LogP contribution in [0.1, 0.15) is 45.1 Å². The number of carboxylic acid groups (broad SMARTS) is 1. The Morgan fingerprint density at radius 3 is 2.65 bits per heavy atom. The molecule has 94 valence electrons. The Bertz CT molecular complexity index is 374. The minimum atomic E-state index is -0.790. The summed E-state index contributed by atoms with van der Waals surface area (Å²) in [5.74, 6) is -0.340. The summed E-state index contributed by atoms with van der Waals surface area (Å²) in [6.07, 6.45) is 1.50. The van der Waals surface area contributed by atoms with E-state index in [1.165, 1.54) is 5.56 Å². The lowest BCUT2D eigenvalue weighted by atomic mass is 10.0. The predicted octanol–water partition coefficient (Wildman–Crippen LogP) is 3.48. The van der Waals surface area contributed by atoms with Crippen LogP contribution in [0.2, 0.25) is 0 Å². The molecule has 1 rings (SSSR count). The zero-order valence-electron chi connectivity index (χ0n) is 10.7. The first-order valence-electron chi connectivity index (χ1n) is 6.14. The van der Waals surface area contributed by atoms with Crippen LogP contribution in [0.3, 0.4) is 0 Å². The largest absolute Gasteiger partial charge is 0.480 e. The number of aliphatic carboxylic acids is 1. The van der Waals surface area contributed by atoms with Gasteiger partial charge < -0.3 is 10.4 Å².